The van der Waals surface area contributed by atoms with E-state index in [-0.39, 0.29) is 23.9 Å². The molecule has 39 heavy (non-hydrogen) atoms. The summed E-state index contributed by atoms with van der Waals surface area (Å²) in [6.07, 6.45) is 5.35. The van der Waals surface area contributed by atoms with E-state index >= 15 is 0 Å². The lowest BCUT2D eigenvalue weighted by Gasteiger charge is -2.26. The third kappa shape index (κ3) is 7.11. The van der Waals surface area contributed by atoms with E-state index in [2.05, 4.69) is 24.3 Å². The monoisotopic (exact) mass is 526 g/mol. The predicted octanol–water partition coefficient (Wildman–Crippen LogP) is 7.89. The maximum atomic E-state index is 13.8. The standard InChI is InChI=1S/C34H38O5/c1-22(2)38-30-14-12-24(18-32(30)36-5)16-28-20-27(26-10-8-7-9-11-26)21-29(34(28)35)17-25-13-15-31(39-23(3)4)33(19-25)37-6/h7-19,22-23,27H,20-21H2,1-6H3/b28-16+,29-17+. The number of hydrogen-bond donors (Lipinski definition) is 0. The lowest BCUT2D eigenvalue weighted by molar-refractivity contribution is -0.113. The molecule has 0 N–H and O–H groups in total. The number of ketones is 1. The molecule has 5 nitrogen and oxygen atoms in total. The molecule has 204 valence electrons. The van der Waals surface area contributed by atoms with Crippen LogP contribution < -0.4 is 18.9 Å². The van der Waals surface area contributed by atoms with Gasteiger partial charge < -0.3 is 18.9 Å². The van der Waals surface area contributed by atoms with Gasteiger partial charge in [-0.15, -0.1) is 0 Å². The van der Waals surface area contributed by atoms with Gasteiger partial charge in [0, 0.05) is 11.1 Å². The molecule has 3 aromatic carbocycles. The van der Waals surface area contributed by atoms with Crippen molar-refractivity contribution in [3.63, 3.8) is 0 Å². The van der Waals surface area contributed by atoms with Gasteiger partial charge in [0.2, 0.25) is 0 Å². The Hall–Kier alpha value is -3.99. The molecule has 0 aromatic heterocycles. The third-order valence-electron chi connectivity index (χ3n) is 6.57. The first-order valence-electron chi connectivity index (χ1n) is 13.5. The normalized spacial score (nSPS) is 17.6. The minimum absolute atomic E-state index is 0.0342. The second-order valence-electron chi connectivity index (χ2n) is 10.3. The predicted molar refractivity (Wildman–Crippen MR) is 157 cm³/mol. The number of Topliss-reactive ketones (excluding diaryl/α,β-unsaturated/α-hetero) is 1. The highest BCUT2D eigenvalue weighted by Gasteiger charge is 2.29. The highest BCUT2D eigenvalue weighted by molar-refractivity contribution is 6.14. The Kier molecular flexibility index (Phi) is 9.13. The quantitative estimate of drug-likeness (QED) is 0.265. The summed E-state index contributed by atoms with van der Waals surface area (Å²) in [6.45, 7) is 7.92. The van der Waals surface area contributed by atoms with Crippen LogP contribution in [0.1, 0.15) is 63.1 Å². The van der Waals surface area contributed by atoms with Gasteiger partial charge in [-0.2, -0.15) is 0 Å². The summed E-state index contributed by atoms with van der Waals surface area (Å²) in [6, 6.07) is 22.0. The zero-order valence-corrected chi connectivity index (χ0v) is 23.7. The van der Waals surface area contributed by atoms with Gasteiger partial charge in [-0.05, 0) is 99.6 Å². The van der Waals surface area contributed by atoms with Gasteiger partial charge in [-0.1, -0.05) is 42.5 Å². The smallest absolute Gasteiger partial charge is 0.185 e. The summed E-state index contributed by atoms with van der Waals surface area (Å²) in [5.41, 5.74) is 4.56. The third-order valence-corrected chi connectivity index (χ3v) is 6.57. The first-order valence-corrected chi connectivity index (χ1v) is 13.5. The SMILES string of the molecule is COc1cc(/C=C2\CC(c3ccccc3)C/C(=C\c3ccc(OC(C)C)c(OC)c3)C2=O)ccc1OC(C)C. The van der Waals surface area contributed by atoms with Crippen molar-refractivity contribution in [1.82, 2.24) is 0 Å². The molecule has 0 atom stereocenters. The summed E-state index contributed by atoms with van der Waals surface area (Å²) in [5.74, 6) is 2.92. The van der Waals surface area contributed by atoms with Crippen LogP contribution >= 0.6 is 0 Å². The van der Waals surface area contributed by atoms with Gasteiger partial charge in [0.25, 0.3) is 0 Å². The summed E-state index contributed by atoms with van der Waals surface area (Å²) < 4.78 is 22.9. The van der Waals surface area contributed by atoms with Crippen LogP contribution in [-0.2, 0) is 4.79 Å². The van der Waals surface area contributed by atoms with E-state index in [1.54, 1.807) is 14.2 Å². The minimum Gasteiger partial charge on any atom is -0.493 e. The zero-order chi connectivity index (χ0) is 27.9. The second-order valence-corrected chi connectivity index (χ2v) is 10.3. The van der Waals surface area contributed by atoms with E-state index in [9.17, 15) is 4.79 Å². The van der Waals surface area contributed by atoms with Crippen molar-refractivity contribution in [2.45, 2.75) is 58.7 Å². The number of allylic oxidation sites excluding steroid dienone is 2. The van der Waals surface area contributed by atoms with Crippen molar-refractivity contribution >= 4 is 17.9 Å². The molecule has 0 saturated heterocycles. The Morgan fingerprint density at radius 3 is 1.54 bits per heavy atom. The number of methoxy groups -OCH3 is 2. The highest BCUT2D eigenvalue weighted by atomic mass is 16.5. The van der Waals surface area contributed by atoms with Gasteiger partial charge in [-0.25, -0.2) is 0 Å². The molecule has 1 saturated carbocycles. The molecule has 3 aromatic rings. The molecule has 1 aliphatic carbocycles. The van der Waals surface area contributed by atoms with Crippen molar-refractivity contribution in [1.29, 1.82) is 0 Å². The van der Waals surface area contributed by atoms with Crippen LogP contribution in [0.25, 0.3) is 12.2 Å². The van der Waals surface area contributed by atoms with Crippen LogP contribution in [0.4, 0.5) is 0 Å². The van der Waals surface area contributed by atoms with Crippen molar-refractivity contribution in [2.75, 3.05) is 14.2 Å². The Bertz CT molecular complexity index is 1270. The van der Waals surface area contributed by atoms with E-state index in [4.69, 9.17) is 18.9 Å². The molecule has 0 spiro atoms. The molecule has 0 heterocycles. The molecule has 1 aliphatic rings. The Morgan fingerprint density at radius 2 is 1.13 bits per heavy atom. The van der Waals surface area contributed by atoms with Crippen LogP contribution in [0.15, 0.2) is 77.9 Å². The summed E-state index contributed by atoms with van der Waals surface area (Å²) >= 11 is 0. The average molecular weight is 527 g/mol. The number of rotatable bonds is 9. The number of hydrogen-bond acceptors (Lipinski definition) is 5. The molecule has 0 unspecified atom stereocenters. The fraction of sp³-hybridized carbons (Fsp3) is 0.324. The maximum absolute atomic E-state index is 13.8. The van der Waals surface area contributed by atoms with Crippen molar-refractivity contribution < 1.29 is 23.7 Å². The molecule has 5 heteroatoms. The van der Waals surface area contributed by atoms with E-state index in [1.807, 2.05) is 82.3 Å². The molecule has 0 amide bonds. The Morgan fingerprint density at radius 1 is 0.667 bits per heavy atom. The van der Waals surface area contributed by atoms with Crippen LogP contribution in [0.2, 0.25) is 0 Å². The number of benzene rings is 3. The second kappa shape index (κ2) is 12.7. The van der Waals surface area contributed by atoms with E-state index in [1.165, 1.54) is 5.56 Å². The van der Waals surface area contributed by atoms with Crippen molar-refractivity contribution in [3.8, 4) is 23.0 Å². The lowest BCUT2D eigenvalue weighted by Crippen LogP contribution is -2.19. The van der Waals surface area contributed by atoms with Gasteiger partial charge >= 0.3 is 0 Å². The van der Waals surface area contributed by atoms with Gasteiger partial charge in [0.15, 0.2) is 28.8 Å². The first kappa shape index (κ1) is 28.0. The summed E-state index contributed by atoms with van der Waals surface area (Å²) in [7, 11) is 3.26. The van der Waals surface area contributed by atoms with Gasteiger partial charge in [0.05, 0.1) is 26.4 Å². The summed E-state index contributed by atoms with van der Waals surface area (Å²) in [5, 5.41) is 0. The van der Waals surface area contributed by atoms with Crippen LogP contribution in [-0.4, -0.2) is 32.2 Å². The molecular formula is C34H38O5. The number of ether oxygens (including phenoxy) is 4. The molecule has 0 bridgehead atoms. The fourth-order valence-corrected chi connectivity index (χ4v) is 4.86. The number of carbonyl (C=O) groups excluding carboxylic acids is 1. The van der Waals surface area contributed by atoms with E-state index in [0.717, 1.165) is 22.3 Å². The topological polar surface area (TPSA) is 54.0 Å². The van der Waals surface area contributed by atoms with E-state index < -0.39 is 0 Å². The Balaban J connectivity index is 1.72. The number of carbonyl (C=O) groups is 1. The Labute approximate surface area is 232 Å². The van der Waals surface area contributed by atoms with Crippen molar-refractivity contribution in [2.24, 2.45) is 0 Å². The van der Waals surface area contributed by atoms with Crippen LogP contribution in [0.3, 0.4) is 0 Å². The van der Waals surface area contributed by atoms with Gasteiger partial charge in [0.1, 0.15) is 0 Å². The average Bonchev–Trinajstić information content (AvgIpc) is 2.92. The molecule has 0 aliphatic heterocycles. The minimum atomic E-state index is 0.0342. The molecule has 0 radical (unpaired) electrons. The first-order chi connectivity index (χ1) is 18.8. The van der Waals surface area contributed by atoms with Crippen molar-refractivity contribution in [3.05, 3.63) is 94.6 Å². The van der Waals surface area contributed by atoms with Gasteiger partial charge in [-0.3, -0.25) is 4.79 Å². The molecular weight excluding hydrogens is 488 g/mol. The molecule has 1 fully saturated rings. The fourth-order valence-electron chi connectivity index (χ4n) is 4.86. The zero-order valence-electron chi connectivity index (χ0n) is 23.7. The molecule has 4 rings (SSSR count). The largest absolute Gasteiger partial charge is 0.493 e. The highest BCUT2D eigenvalue weighted by Crippen LogP contribution is 2.40. The van der Waals surface area contributed by atoms with E-state index in [0.29, 0.717) is 35.8 Å². The maximum Gasteiger partial charge on any atom is 0.185 e. The lowest BCUT2D eigenvalue weighted by atomic mass is 9.76. The van der Waals surface area contributed by atoms with Crippen LogP contribution in [0, 0.1) is 0 Å². The van der Waals surface area contributed by atoms with Crippen LogP contribution in [0.5, 0.6) is 23.0 Å². The summed E-state index contributed by atoms with van der Waals surface area (Å²) in [4.78, 5) is 13.8.